The van der Waals surface area contributed by atoms with Crippen LogP contribution in [0.25, 0.3) is 0 Å². The molecule has 0 atom stereocenters. The van der Waals surface area contributed by atoms with Gasteiger partial charge in [0.15, 0.2) is 0 Å². The highest BCUT2D eigenvalue weighted by atomic mass is 79.9. The first-order valence-corrected chi connectivity index (χ1v) is 9.49. The lowest BCUT2D eigenvalue weighted by atomic mass is 10.2. The molecule has 0 radical (unpaired) electrons. The van der Waals surface area contributed by atoms with Crippen LogP contribution in [0, 0.1) is 17.0 Å². The quantitative estimate of drug-likeness (QED) is 0.570. The molecule has 0 amide bonds. The van der Waals surface area contributed by atoms with Crippen molar-refractivity contribution in [2.24, 2.45) is 0 Å². The van der Waals surface area contributed by atoms with Crippen LogP contribution in [-0.2, 0) is 20.0 Å². The SMILES string of the molecule is Cc1cc(Br)c(N(S(C)(=O)=O)S(C)(=O)=O)cc1[N+](=O)[O-]. The van der Waals surface area contributed by atoms with Crippen molar-refractivity contribution in [1.82, 2.24) is 0 Å². The summed E-state index contributed by atoms with van der Waals surface area (Å²) in [5.41, 5.74) is -0.430. The summed E-state index contributed by atoms with van der Waals surface area (Å²) in [6.45, 7) is 1.46. The minimum absolute atomic E-state index is 0.122. The van der Waals surface area contributed by atoms with Gasteiger partial charge in [-0.25, -0.2) is 16.8 Å². The minimum Gasteiger partial charge on any atom is -0.258 e. The lowest BCUT2D eigenvalue weighted by Gasteiger charge is -2.21. The zero-order chi connectivity index (χ0) is 15.9. The fraction of sp³-hybridized carbons (Fsp3) is 0.333. The third kappa shape index (κ3) is 3.46. The lowest BCUT2D eigenvalue weighted by Crippen LogP contribution is -2.35. The van der Waals surface area contributed by atoms with E-state index in [2.05, 4.69) is 15.9 Å². The summed E-state index contributed by atoms with van der Waals surface area (Å²) in [6, 6.07) is 2.19. The van der Waals surface area contributed by atoms with Gasteiger partial charge in [0.2, 0.25) is 20.0 Å². The Morgan fingerprint density at radius 2 is 1.60 bits per heavy atom. The highest BCUT2D eigenvalue weighted by Crippen LogP contribution is 2.35. The molecule has 1 aromatic carbocycles. The second-order valence-electron chi connectivity index (χ2n) is 4.07. The summed E-state index contributed by atoms with van der Waals surface area (Å²) in [4.78, 5) is 10.2. The van der Waals surface area contributed by atoms with E-state index in [1.807, 2.05) is 0 Å². The van der Waals surface area contributed by atoms with Gasteiger partial charge in [0.05, 0.1) is 23.1 Å². The molecule has 0 fully saturated rings. The molecule has 0 spiro atoms. The van der Waals surface area contributed by atoms with Gasteiger partial charge in [-0.15, -0.1) is 0 Å². The number of nitro benzene ring substituents is 1. The predicted octanol–water partition coefficient (Wildman–Crippen LogP) is 1.39. The highest BCUT2D eigenvalue weighted by Gasteiger charge is 2.31. The number of nitrogens with zero attached hydrogens (tertiary/aromatic N) is 2. The number of halogens is 1. The normalized spacial score (nSPS) is 12.2. The highest BCUT2D eigenvalue weighted by molar-refractivity contribution is 9.10. The molecule has 0 N–H and O–H groups in total. The molecule has 0 aromatic heterocycles. The van der Waals surface area contributed by atoms with Gasteiger partial charge in [-0.05, 0) is 28.9 Å². The van der Waals surface area contributed by atoms with Crippen LogP contribution in [0.4, 0.5) is 11.4 Å². The van der Waals surface area contributed by atoms with E-state index < -0.39 is 25.0 Å². The molecule has 0 aliphatic rings. The van der Waals surface area contributed by atoms with Crippen molar-refractivity contribution in [3.63, 3.8) is 0 Å². The number of hydrogen-bond donors (Lipinski definition) is 0. The fourth-order valence-corrected chi connectivity index (χ4v) is 5.44. The van der Waals surface area contributed by atoms with Crippen LogP contribution in [0.5, 0.6) is 0 Å². The van der Waals surface area contributed by atoms with Gasteiger partial charge in [0.25, 0.3) is 5.69 Å². The number of sulfonamides is 2. The molecule has 0 heterocycles. The Labute approximate surface area is 124 Å². The number of aryl methyl sites for hydroxylation is 1. The molecule has 20 heavy (non-hydrogen) atoms. The van der Waals surface area contributed by atoms with Crippen LogP contribution in [-0.4, -0.2) is 34.3 Å². The summed E-state index contributed by atoms with van der Waals surface area (Å²) < 4.78 is 46.9. The van der Waals surface area contributed by atoms with Gasteiger partial charge in [-0.2, -0.15) is 3.71 Å². The van der Waals surface area contributed by atoms with Crippen molar-refractivity contribution in [3.8, 4) is 0 Å². The van der Waals surface area contributed by atoms with Crippen molar-refractivity contribution in [2.45, 2.75) is 6.92 Å². The Morgan fingerprint density at radius 3 is 1.95 bits per heavy atom. The average molecular weight is 387 g/mol. The van der Waals surface area contributed by atoms with Crippen molar-refractivity contribution < 1.29 is 21.8 Å². The van der Waals surface area contributed by atoms with E-state index in [-0.39, 0.29) is 25.1 Å². The van der Waals surface area contributed by atoms with Crippen molar-refractivity contribution in [2.75, 3.05) is 16.2 Å². The third-order valence-corrected chi connectivity index (χ3v) is 6.12. The van der Waals surface area contributed by atoms with Crippen LogP contribution >= 0.6 is 15.9 Å². The van der Waals surface area contributed by atoms with E-state index in [0.717, 1.165) is 6.07 Å². The van der Waals surface area contributed by atoms with Gasteiger partial charge in [0, 0.05) is 16.1 Å². The second kappa shape index (κ2) is 5.30. The molecule has 11 heteroatoms. The monoisotopic (exact) mass is 386 g/mol. The summed E-state index contributed by atoms with van der Waals surface area (Å²) >= 11 is 3.02. The fourth-order valence-electron chi connectivity index (χ4n) is 1.59. The van der Waals surface area contributed by atoms with Crippen molar-refractivity contribution in [1.29, 1.82) is 0 Å². The maximum Gasteiger partial charge on any atom is 0.274 e. The molecule has 0 aliphatic heterocycles. The summed E-state index contributed by atoms with van der Waals surface area (Å²) in [6.07, 6.45) is 1.40. The first kappa shape index (κ1) is 16.9. The van der Waals surface area contributed by atoms with Crippen molar-refractivity contribution in [3.05, 3.63) is 32.3 Å². The Kier molecular flexibility index (Phi) is 4.46. The smallest absolute Gasteiger partial charge is 0.258 e. The standard InChI is InChI=1S/C9H11BrN2O6S2/c1-6-4-7(10)9(5-8(6)11(13)14)12(19(2,15)16)20(3,17)18/h4-5H,1-3H3. The Bertz CT molecular complexity index is 740. The molecule has 0 saturated carbocycles. The number of hydrogen-bond acceptors (Lipinski definition) is 6. The molecule has 8 nitrogen and oxygen atoms in total. The maximum atomic E-state index is 11.7. The first-order chi connectivity index (χ1) is 8.85. The zero-order valence-corrected chi connectivity index (χ0v) is 13.9. The molecule has 0 aliphatic carbocycles. The Hall–Kier alpha value is -1.20. The topological polar surface area (TPSA) is 115 Å². The molecule has 1 rings (SSSR count). The van der Waals surface area contributed by atoms with E-state index in [0.29, 0.717) is 12.5 Å². The van der Waals surface area contributed by atoms with Gasteiger partial charge in [-0.3, -0.25) is 10.1 Å². The van der Waals surface area contributed by atoms with Crippen LogP contribution in [0.1, 0.15) is 5.56 Å². The van der Waals surface area contributed by atoms with E-state index in [1.165, 1.54) is 13.0 Å². The van der Waals surface area contributed by atoms with E-state index >= 15 is 0 Å². The molecule has 112 valence electrons. The van der Waals surface area contributed by atoms with E-state index in [9.17, 15) is 26.9 Å². The zero-order valence-electron chi connectivity index (χ0n) is 10.7. The van der Waals surface area contributed by atoms with Crippen LogP contribution in [0.3, 0.4) is 0 Å². The third-order valence-electron chi connectivity index (χ3n) is 2.26. The van der Waals surface area contributed by atoms with Crippen molar-refractivity contribution >= 4 is 47.4 Å². The van der Waals surface area contributed by atoms with Crippen LogP contribution < -0.4 is 3.71 Å². The Balaban J connectivity index is 3.75. The molecule has 0 unspecified atom stereocenters. The summed E-state index contributed by atoms with van der Waals surface area (Å²) in [5, 5.41) is 10.9. The van der Waals surface area contributed by atoms with E-state index in [1.54, 1.807) is 0 Å². The van der Waals surface area contributed by atoms with Gasteiger partial charge >= 0.3 is 0 Å². The van der Waals surface area contributed by atoms with Crippen LogP contribution in [0.2, 0.25) is 0 Å². The number of rotatable bonds is 4. The minimum atomic E-state index is -4.16. The van der Waals surface area contributed by atoms with Gasteiger partial charge in [-0.1, -0.05) is 0 Å². The van der Waals surface area contributed by atoms with Crippen LogP contribution in [0.15, 0.2) is 16.6 Å². The molecule has 0 bridgehead atoms. The van der Waals surface area contributed by atoms with Gasteiger partial charge in [0.1, 0.15) is 0 Å². The van der Waals surface area contributed by atoms with E-state index in [4.69, 9.17) is 0 Å². The lowest BCUT2D eigenvalue weighted by molar-refractivity contribution is -0.385. The largest absolute Gasteiger partial charge is 0.274 e. The molecular formula is C9H11BrN2O6S2. The first-order valence-electron chi connectivity index (χ1n) is 5.00. The summed E-state index contributed by atoms with van der Waals surface area (Å²) in [5.74, 6) is 0. The molecular weight excluding hydrogens is 376 g/mol. The Morgan fingerprint density at radius 1 is 1.15 bits per heavy atom. The number of benzene rings is 1. The average Bonchev–Trinajstić information content (AvgIpc) is 2.17. The summed E-state index contributed by atoms with van der Waals surface area (Å²) in [7, 11) is -8.32. The van der Waals surface area contributed by atoms with Gasteiger partial charge < -0.3 is 0 Å². The second-order valence-corrected chi connectivity index (χ2v) is 8.82. The maximum absolute atomic E-state index is 11.7. The predicted molar refractivity (Wildman–Crippen MR) is 77.7 cm³/mol. The number of anilines is 1. The molecule has 0 saturated heterocycles. The number of nitro groups is 1. The molecule has 1 aromatic rings.